The smallest absolute Gasteiger partial charge is 0.255 e. The highest BCUT2D eigenvalue weighted by Gasteiger charge is 2.30. The Morgan fingerprint density at radius 2 is 1.84 bits per heavy atom. The summed E-state index contributed by atoms with van der Waals surface area (Å²) in [5, 5.41) is 0.945. The third-order valence-corrected chi connectivity index (χ3v) is 6.39. The number of aromatic nitrogens is 1. The Balaban J connectivity index is 1.67. The molecular weight excluding hydrogens is 400 g/mol. The molecule has 2 aromatic carbocycles. The van der Waals surface area contributed by atoms with E-state index in [0.29, 0.717) is 32.2 Å². The first-order valence-corrected chi connectivity index (χ1v) is 11.3. The fourth-order valence-electron chi connectivity index (χ4n) is 4.81. The number of nitrogens with zero attached hydrogens (tertiary/aromatic N) is 2. The van der Waals surface area contributed by atoms with Crippen LogP contribution in [-0.4, -0.2) is 49.2 Å². The highest BCUT2D eigenvalue weighted by Crippen LogP contribution is 2.39. The zero-order chi connectivity index (χ0) is 22.1. The molecule has 164 valence electrons. The number of para-hydroxylation sites is 1. The van der Waals surface area contributed by atoms with E-state index in [1.807, 2.05) is 41.3 Å². The molecule has 2 aliphatic rings. The summed E-state index contributed by atoms with van der Waals surface area (Å²) < 4.78 is 10.8. The molecular formula is C27H28N2O3. The molecule has 1 aliphatic heterocycles. The molecule has 1 atom stereocenters. The molecule has 3 aromatic rings. The second kappa shape index (κ2) is 8.75. The lowest BCUT2D eigenvalue weighted by Crippen LogP contribution is -2.41. The minimum absolute atomic E-state index is 0.0982. The van der Waals surface area contributed by atoms with Gasteiger partial charge in [0, 0.05) is 18.5 Å². The molecule has 1 amide bonds. The Hall–Kier alpha value is -3.18. The van der Waals surface area contributed by atoms with Crippen molar-refractivity contribution in [3.05, 3.63) is 70.9 Å². The van der Waals surface area contributed by atoms with Gasteiger partial charge in [0.1, 0.15) is 5.75 Å². The van der Waals surface area contributed by atoms with Gasteiger partial charge in [0.25, 0.3) is 5.91 Å². The molecule has 0 N–H and O–H groups in total. The van der Waals surface area contributed by atoms with Crippen molar-refractivity contribution < 1.29 is 14.3 Å². The fourth-order valence-corrected chi connectivity index (χ4v) is 4.81. The number of morpholine rings is 1. The van der Waals surface area contributed by atoms with Crippen LogP contribution in [0.3, 0.4) is 0 Å². The van der Waals surface area contributed by atoms with Crippen molar-refractivity contribution in [2.75, 3.05) is 33.4 Å². The summed E-state index contributed by atoms with van der Waals surface area (Å²) in [5.74, 6) is 1.37. The molecule has 5 rings (SSSR count). The summed E-state index contributed by atoms with van der Waals surface area (Å²) in [7, 11) is 1.68. The number of carbonyl (C=O) groups is 1. The molecule has 0 saturated carbocycles. The van der Waals surface area contributed by atoms with Gasteiger partial charge < -0.3 is 14.4 Å². The van der Waals surface area contributed by atoms with Crippen molar-refractivity contribution in [2.24, 2.45) is 5.92 Å². The monoisotopic (exact) mass is 428 g/mol. The van der Waals surface area contributed by atoms with E-state index in [9.17, 15) is 4.79 Å². The van der Waals surface area contributed by atoms with Crippen LogP contribution in [0.4, 0.5) is 0 Å². The third kappa shape index (κ3) is 3.89. The maximum Gasteiger partial charge on any atom is 0.255 e. The van der Waals surface area contributed by atoms with Crippen LogP contribution in [-0.2, 0) is 11.2 Å². The normalized spacial score (nSPS) is 19.8. The van der Waals surface area contributed by atoms with Crippen molar-refractivity contribution in [3.63, 3.8) is 0 Å². The van der Waals surface area contributed by atoms with Gasteiger partial charge in [-0.15, -0.1) is 0 Å². The quantitative estimate of drug-likeness (QED) is 0.599. The number of amides is 1. The van der Waals surface area contributed by atoms with Crippen molar-refractivity contribution in [3.8, 4) is 5.75 Å². The number of hydrogen-bond acceptors (Lipinski definition) is 4. The van der Waals surface area contributed by atoms with E-state index in [2.05, 4.69) is 25.1 Å². The Bertz CT molecular complexity index is 1180. The molecule has 5 nitrogen and oxygen atoms in total. The summed E-state index contributed by atoms with van der Waals surface area (Å²) in [6, 6.07) is 16.1. The van der Waals surface area contributed by atoms with Gasteiger partial charge in [0.05, 0.1) is 37.1 Å². The zero-order valence-electron chi connectivity index (χ0n) is 18.6. The van der Waals surface area contributed by atoms with Gasteiger partial charge in [0.15, 0.2) is 0 Å². The minimum atomic E-state index is 0.0982. The van der Waals surface area contributed by atoms with E-state index >= 15 is 0 Å². The number of benzene rings is 2. The highest BCUT2D eigenvalue weighted by atomic mass is 16.5. The predicted molar refractivity (Wildman–Crippen MR) is 127 cm³/mol. The number of carbonyl (C=O) groups excluding carboxylic acids is 1. The molecule has 5 heteroatoms. The van der Waals surface area contributed by atoms with Crippen LogP contribution in [0.1, 0.15) is 40.5 Å². The van der Waals surface area contributed by atoms with Crippen LogP contribution in [0.25, 0.3) is 22.6 Å². The van der Waals surface area contributed by atoms with Crippen molar-refractivity contribution >= 4 is 28.5 Å². The maximum absolute atomic E-state index is 13.7. The van der Waals surface area contributed by atoms with Gasteiger partial charge in [-0.05, 0) is 59.7 Å². The van der Waals surface area contributed by atoms with E-state index < -0.39 is 0 Å². The Morgan fingerprint density at radius 1 is 1.09 bits per heavy atom. The number of fused-ring (bicyclic) bond motifs is 2. The van der Waals surface area contributed by atoms with Gasteiger partial charge in [-0.2, -0.15) is 0 Å². The Labute approximate surface area is 188 Å². The number of methoxy groups -OCH3 is 1. The summed E-state index contributed by atoms with van der Waals surface area (Å²) in [4.78, 5) is 20.7. The van der Waals surface area contributed by atoms with Crippen molar-refractivity contribution in [1.82, 2.24) is 9.88 Å². The molecule has 0 radical (unpaired) electrons. The Kier molecular flexibility index (Phi) is 5.66. The van der Waals surface area contributed by atoms with Crippen LogP contribution in [0.2, 0.25) is 0 Å². The molecule has 2 heterocycles. The lowest BCUT2D eigenvalue weighted by Gasteiger charge is -2.31. The highest BCUT2D eigenvalue weighted by molar-refractivity contribution is 6.09. The average molecular weight is 429 g/mol. The summed E-state index contributed by atoms with van der Waals surface area (Å²) >= 11 is 0. The lowest BCUT2D eigenvalue weighted by atomic mass is 9.80. The number of rotatable bonds is 3. The van der Waals surface area contributed by atoms with Gasteiger partial charge in [-0.1, -0.05) is 37.3 Å². The zero-order valence-corrected chi connectivity index (χ0v) is 18.6. The van der Waals surface area contributed by atoms with Crippen LogP contribution < -0.4 is 4.74 Å². The lowest BCUT2D eigenvalue weighted by molar-refractivity contribution is 0.0303. The largest absolute Gasteiger partial charge is 0.497 e. The van der Waals surface area contributed by atoms with Crippen LogP contribution in [0, 0.1) is 5.92 Å². The van der Waals surface area contributed by atoms with Crippen molar-refractivity contribution in [1.29, 1.82) is 0 Å². The third-order valence-electron chi connectivity index (χ3n) is 6.39. The number of hydrogen-bond donors (Lipinski definition) is 0. The van der Waals surface area contributed by atoms with E-state index in [-0.39, 0.29) is 5.91 Å². The second-order valence-corrected chi connectivity index (χ2v) is 8.69. The molecule has 1 aromatic heterocycles. The number of pyridine rings is 1. The molecule has 1 fully saturated rings. The molecule has 1 saturated heterocycles. The van der Waals surface area contributed by atoms with E-state index in [0.717, 1.165) is 51.9 Å². The number of ether oxygens (including phenoxy) is 2. The van der Waals surface area contributed by atoms with E-state index in [4.69, 9.17) is 14.5 Å². The van der Waals surface area contributed by atoms with Gasteiger partial charge in [-0.3, -0.25) is 4.79 Å². The first-order chi connectivity index (χ1) is 15.6. The van der Waals surface area contributed by atoms with Crippen LogP contribution >= 0.6 is 0 Å². The van der Waals surface area contributed by atoms with Crippen LogP contribution in [0.5, 0.6) is 5.75 Å². The summed E-state index contributed by atoms with van der Waals surface area (Å²) in [6.45, 7) is 4.71. The molecule has 1 aliphatic carbocycles. The molecule has 32 heavy (non-hydrogen) atoms. The standard InChI is InChI=1S/C27H28N2O3/c1-18-15-20(17-19-7-9-21(31-2)10-8-19)26-23(16-18)25(22-5-3-4-6-24(22)28-26)27(30)29-11-13-32-14-12-29/h3-10,17-18H,11-16H2,1-2H3/b20-17+. The first-order valence-electron chi connectivity index (χ1n) is 11.3. The van der Waals surface area contributed by atoms with Crippen LogP contribution in [0.15, 0.2) is 48.5 Å². The summed E-state index contributed by atoms with van der Waals surface area (Å²) in [6.07, 6.45) is 4.01. The SMILES string of the molecule is COc1ccc(/C=C2\CC(C)Cc3c2nc2ccccc2c3C(=O)N2CCOCC2)cc1. The predicted octanol–water partition coefficient (Wildman–Crippen LogP) is 4.84. The van der Waals surface area contributed by atoms with E-state index in [1.54, 1.807) is 7.11 Å². The topological polar surface area (TPSA) is 51.7 Å². The van der Waals surface area contributed by atoms with E-state index in [1.165, 1.54) is 5.57 Å². The molecule has 0 bridgehead atoms. The van der Waals surface area contributed by atoms with Crippen molar-refractivity contribution in [2.45, 2.75) is 19.8 Å². The van der Waals surface area contributed by atoms with Gasteiger partial charge in [0.2, 0.25) is 0 Å². The Morgan fingerprint density at radius 3 is 2.59 bits per heavy atom. The van der Waals surface area contributed by atoms with Gasteiger partial charge >= 0.3 is 0 Å². The fraction of sp³-hybridized carbons (Fsp3) is 0.333. The number of allylic oxidation sites excluding steroid dienone is 1. The summed E-state index contributed by atoms with van der Waals surface area (Å²) in [5.41, 5.74) is 6.04. The minimum Gasteiger partial charge on any atom is -0.497 e. The van der Waals surface area contributed by atoms with Gasteiger partial charge in [-0.25, -0.2) is 4.98 Å². The molecule has 1 unspecified atom stereocenters. The first kappa shape index (κ1) is 20.7. The maximum atomic E-state index is 13.7. The molecule has 0 spiro atoms. The average Bonchev–Trinajstić information content (AvgIpc) is 2.83. The second-order valence-electron chi connectivity index (χ2n) is 8.69.